The van der Waals surface area contributed by atoms with Gasteiger partial charge in [0.2, 0.25) is 0 Å². The van der Waals surface area contributed by atoms with E-state index >= 15 is 0 Å². The van der Waals surface area contributed by atoms with Crippen molar-refractivity contribution in [3.05, 3.63) is 464 Å². The van der Waals surface area contributed by atoms with Gasteiger partial charge in [-0.1, -0.05) is 406 Å². The molecule has 0 bridgehead atoms. The molecule has 3 aliphatic carbocycles. The lowest BCUT2D eigenvalue weighted by molar-refractivity contribution is 1.07. The molecule has 3 heterocycles. The summed E-state index contributed by atoms with van der Waals surface area (Å²) in [5, 5.41) is 0. The summed E-state index contributed by atoms with van der Waals surface area (Å²) in [6, 6.07) is 150. The molecule has 0 N–H and O–H groups in total. The van der Waals surface area contributed by atoms with Gasteiger partial charge in [-0.05, 0) is 166 Å². The molecule has 9 nitrogen and oxygen atoms in total. The number of nitrogens with zero attached hydrogens (tertiary/aromatic N) is 9. The molecule has 0 aliphatic heterocycles. The molecule has 0 saturated heterocycles. The van der Waals surface area contributed by atoms with Gasteiger partial charge in [0.15, 0.2) is 52.4 Å². The Hall–Kier alpha value is -16.2. The third kappa shape index (κ3) is 15.3. The zero-order valence-corrected chi connectivity index (χ0v) is 67.1. The van der Waals surface area contributed by atoms with Crippen LogP contribution in [-0.2, 0) is 19.3 Å². The summed E-state index contributed by atoms with van der Waals surface area (Å²) >= 11 is 0. The van der Waals surface area contributed by atoms with E-state index in [0.29, 0.717) is 52.4 Å². The van der Waals surface area contributed by atoms with E-state index < -0.39 is 0 Å². The molecule has 23 rings (SSSR count). The lowest BCUT2D eigenvalue weighted by atomic mass is 9.95. The highest BCUT2D eigenvalue weighted by Crippen LogP contribution is 2.48. The second-order valence-corrected chi connectivity index (χ2v) is 31.0. The van der Waals surface area contributed by atoms with E-state index in [9.17, 15) is 0 Å². The van der Waals surface area contributed by atoms with Crippen molar-refractivity contribution >= 4 is 0 Å². The average Bonchev–Trinajstić information content (AvgIpc) is 1.62. The Morgan fingerprint density at radius 2 is 0.285 bits per heavy atom. The minimum atomic E-state index is 0.679. The van der Waals surface area contributed by atoms with Gasteiger partial charge in [-0.3, -0.25) is 0 Å². The van der Waals surface area contributed by atoms with Crippen LogP contribution in [0.1, 0.15) is 33.4 Å². The number of fused-ring (bicyclic) bond motifs is 9. The van der Waals surface area contributed by atoms with Gasteiger partial charge >= 0.3 is 0 Å². The van der Waals surface area contributed by atoms with E-state index in [0.717, 1.165) is 69.3 Å². The second kappa shape index (κ2) is 33.3. The first-order valence-electron chi connectivity index (χ1n) is 41.7. The van der Waals surface area contributed by atoms with E-state index in [-0.39, 0.29) is 0 Å². The van der Waals surface area contributed by atoms with Crippen LogP contribution in [0.5, 0.6) is 0 Å². The molecule has 578 valence electrons. The molecule has 0 amide bonds. The SMILES string of the molecule is c1ccc(-c2ccc(-c3ccc4c(c3)-c3cccc(-c5nc(-c6ccccc6)nc(-c6ccccc6)n5)c3C4)cc2)cc1.c1ccc(-c2ccc3c(c2)-c2cccc(-c4nc(-c5ccccc5)nc(-c5ccccc5)n4)c2C3)cc1.c1ccc(-c2cccc(-c3ccc4c(c3)-c3cccc(-c5nc(-c6ccccc6)nc(-c6ccccc6)n5)c3C4)c2)cc1. The van der Waals surface area contributed by atoms with Crippen molar-refractivity contribution in [3.63, 3.8) is 0 Å². The topological polar surface area (TPSA) is 116 Å². The highest BCUT2D eigenvalue weighted by Gasteiger charge is 2.29. The van der Waals surface area contributed by atoms with Crippen LogP contribution in [-0.4, -0.2) is 44.9 Å². The lowest BCUT2D eigenvalue weighted by Gasteiger charge is -2.11. The van der Waals surface area contributed by atoms with Crippen molar-refractivity contribution in [3.8, 4) is 192 Å². The first-order valence-corrected chi connectivity index (χ1v) is 41.7. The van der Waals surface area contributed by atoms with Gasteiger partial charge in [0, 0.05) is 50.1 Å². The lowest BCUT2D eigenvalue weighted by Crippen LogP contribution is -2.01. The van der Waals surface area contributed by atoms with E-state index in [1.54, 1.807) is 0 Å². The summed E-state index contributed by atoms with van der Waals surface area (Å²) in [7, 11) is 0. The summed E-state index contributed by atoms with van der Waals surface area (Å²) in [4.78, 5) is 44.7. The average molecular weight is 1570 g/mol. The Kier molecular flexibility index (Phi) is 20.1. The van der Waals surface area contributed by atoms with Gasteiger partial charge in [-0.25, -0.2) is 44.9 Å². The number of hydrogen-bond acceptors (Lipinski definition) is 9. The molecule has 0 atom stereocenters. The van der Waals surface area contributed by atoms with E-state index in [2.05, 4.69) is 249 Å². The number of benzene rings is 17. The fourth-order valence-electron chi connectivity index (χ4n) is 17.2. The molecular weight excluding hydrogens is 1500 g/mol. The van der Waals surface area contributed by atoms with Gasteiger partial charge in [0.05, 0.1) is 0 Å². The second-order valence-electron chi connectivity index (χ2n) is 31.0. The molecular formula is C114H77N9. The largest absolute Gasteiger partial charge is 0.208 e. The van der Waals surface area contributed by atoms with Crippen LogP contribution in [0.2, 0.25) is 0 Å². The van der Waals surface area contributed by atoms with Crippen LogP contribution >= 0.6 is 0 Å². The van der Waals surface area contributed by atoms with Crippen LogP contribution in [0.25, 0.3) is 192 Å². The van der Waals surface area contributed by atoms with E-state index in [1.165, 1.54) is 122 Å². The van der Waals surface area contributed by atoms with Gasteiger partial charge < -0.3 is 0 Å². The fraction of sp³-hybridized carbons (Fsp3) is 0.0263. The number of aromatic nitrogens is 9. The Morgan fingerprint density at radius 3 is 0.553 bits per heavy atom. The van der Waals surface area contributed by atoms with Crippen molar-refractivity contribution < 1.29 is 0 Å². The molecule has 0 radical (unpaired) electrons. The van der Waals surface area contributed by atoms with E-state index in [4.69, 9.17) is 44.9 Å². The maximum Gasteiger partial charge on any atom is 0.164 e. The van der Waals surface area contributed by atoms with Crippen molar-refractivity contribution in [2.24, 2.45) is 0 Å². The van der Waals surface area contributed by atoms with Crippen molar-refractivity contribution in [1.29, 1.82) is 0 Å². The Labute approximate surface area is 715 Å². The summed E-state index contributed by atoms with van der Waals surface area (Å²) in [5.74, 6) is 6.20. The maximum absolute atomic E-state index is 5.02. The van der Waals surface area contributed by atoms with Gasteiger partial charge in [-0.2, -0.15) is 0 Å². The maximum atomic E-state index is 5.02. The Morgan fingerprint density at radius 1 is 0.114 bits per heavy atom. The first-order chi connectivity index (χ1) is 60.9. The molecule has 3 aliphatic rings. The van der Waals surface area contributed by atoms with Crippen LogP contribution < -0.4 is 0 Å². The summed E-state index contributed by atoms with van der Waals surface area (Å²) in [6.07, 6.45) is 2.56. The van der Waals surface area contributed by atoms with Crippen molar-refractivity contribution in [2.75, 3.05) is 0 Å². The molecule has 123 heavy (non-hydrogen) atoms. The molecule has 0 spiro atoms. The number of hydrogen-bond donors (Lipinski definition) is 0. The Bertz CT molecular complexity index is 7090. The van der Waals surface area contributed by atoms with Gasteiger partial charge in [-0.15, -0.1) is 0 Å². The van der Waals surface area contributed by atoms with Gasteiger partial charge in [0.1, 0.15) is 0 Å². The summed E-state index contributed by atoms with van der Waals surface area (Å²) in [5.41, 5.74) is 36.6. The molecule has 0 saturated carbocycles. The predicted molar refractivity (Wildman–Crippen MR) is 500 cm³/mol. The van der Waals surface area contributed by atoms with Crippen molar-refractivity contribution in [2.45, 2.75) is 19.3 Å². The van der Waals surface area contributed by atoms with Crippen molar-refractivity contribution in [1.82, 2.24) is 44.9 Å². The highest BCUT2D eigenvalue weighted by atomic mass is 15.1. The highest BCUT2D eigenvalue weighted by molar-refractivity contribution is 5.91. The third-order valence-corrected chi connectivity index (χ3v) is 23.4. The van der Waals surface area contributed by atoms with Crippen LogP contribution in [0.3, 0.4) is 0 Å². The normalized spacial score (nSPS) is 11.6. The first kappa shape index (κ1) is 74.3. The molecule has 3 aromatic heterocycles. The summed E-state index contributed by atoms with van der Waals surface area (Å²) < 4.78 is 0. The zero-order chi connectivity index (χ0) is 81.8. The smallest absolute Gasteiger partial charge is 0.164 e. The van der Waals surface area contributed by atoms with Crippen LogP contribution in [0, 0.1) is 0 Å². The van der Waals surface area contributed by atoms with Crippen LogP contribution in [0.15, 0.2) is 431 Å². The van der Waals surface area contributed by atoms with Crippen LogP contribution in [0.4, 0.5) is 0 Å². The minimum absolute atomic E-state index is 0.679. The Balaban J connectivity index is 0.000000114. The number of rotatable bonds is 14. The monoisotopic (exact) mass is 1570 g/mol. The molecule has 9 heteroatoms. The predicted octanol–water partition coefficient (Wildman–Crippen LogP) is 27.7. The quantitative estimate of drug-likeness (QED) is 0.105. The van der Waals surface area contributed by atoms with Gasteiger partial charge in [0.25, 0.3) is 0 Å². The molecule has 17 aromatic carbocycles. The minimum Gasteiger partial charge on any atom is -0.208 e. The molecule has 0 unspecified atom stereocenters. The zero-order valence-electron chi connectivity index (χ0n) is 67.1. The molecule has 0 fully saturated rings. The van der Waals surface area contributed by atoms with E-state index in [1.807, 2.05) is 182 Å². The standard InChI is InChI=1S/2C40H27N3.C34H23N3/c1-4-12-27(13-5-1)30-18-10-19-31(24-30)32-22-23-33-26-37-34(36(33)25-32)20-11-21-35(37)40-42-38(28-14-6-2-7-15-28)41-39(43-40)29-16-8-3-9-17-29;1-4-11-27(12-5-1)28-19-21-29(22-20-28)32-23-24-33-26-37-34(36(33)25-32)17-10-18-35(37)40-42-38(30-13-6-2-7-14-30)41-39(43-40)31-15-8-3-9-16-31;1-4-11-23(12-5-1)26-19-20-27-22-31-28(30(27)21-26)17-10-18-29(31)34-36-32(24-13-6-2-7-14-24)35-33(37-34)25-15-8-3-9-16-25/h2*1-25H,26H2;1-21H,22H2. The third-order valence-electron chi connectivity index (χ3n) is 23.4. The summed E-state index contributed by atoms with van der Waals surface area (Å²) in [6.45, 7) is 0. The fourth-order valence-corrected chi connectivity index (χ4v) is 17.2. The molecule has 20 aromatic rings.